The lowest BCUT2D eigenvalue weighted by atomic mass is 9.98. The molecule has 1 fully saturated rings. The highest BCUT2D eigenvalue weighted by Crippen LogP contribution is 2.42. The first-order valence-corrected chi connectivity index (χ1v) is 17.6. The summed E-state index contributed by atoms with van der Waals surface area (Å²) in [5.74, 6) is 0.637. The molecule has 0 aliphatic carbocycles. The maximum absolute atomic E-state index is 13.3. The Kier molecular flexibility index (Phi) is 10.8. The lowest BCUT2D eigenvalue weighted by Crippen LogP contribution is -2.43. The van der Waals surface area contributed by atoms with Crippen molar-refractivity contribution in [2.24, 2.45) is 0 Å². The Bertz CT molecular complexity index is 2020. The van der Waals surface area contributed by atoms with E-state index in [0.717, 1.165) is 0 Å². The van der Waals surface area contributed by atoms with Gasteiger partial charge < -0.3 is 34.4 Å². The highest BCUT2D eigenvalue weighted by atomic mass is 35.5. The summed E-state index contributed by atoms with van der Waals surface area (Å²) in [6.45, 7) is 6.43. The number of hydrogen-bond donors (Lipinski definition) is 2. The first-order valence-electron chi connectivity index (χ1n) is 16.8. The molecule has 0 radical (unpaired) electrons. The normalized spacial score (nSPS) is 15.6. The van der Waals surface area contributed by atoms with Gasteiger partial charge in [0.1, 0.15) is 12.2 Å². The van der Waals surface area contributed by atoms with Crippen molar-refractivity contribution in [2.45, 2.75) is 58.3 Å². The molecule has 0 bridgehead atoms. The maximum atomic E-state index is 13.3. The summed E-state index contributed by atoms with van der Waals surface area (Å²) in [7, 11) is 1.51. The molecule has 6 rings (SSSR count). The molecule has 1 atom stereocenters. The van der Waals surface area contributed by atoms with Gasteiger partial charge in [0, 0.05) is 52.4 Å². The SMILES string of the molecule is COc1nc(-c2cccc(-c3cccc(-c4ccc5c(n4)OCCN(C(=O)O)C5)c3Cl)c2Cl)ccc1CN(C[C@@H]1CCC(=O)N1)C(=O)OC(C)(C)C. The summed E-state index contributed by atoms with van der Waals surface area (Å²) in [5, 5.41) is 13.2. The molecule has 52 heavy (non-hydrogen) atoms. The molecular formula is C38H39Cl2N5O7. The molecule has 0 spiro atoms. The minimum Gasteiger partial charge on any atom is -0.481 e. The third-order valence-electron chi connectivity index (χ3n) is 8.68. The summed E-state index contributed by atoms with van der Waals surface area (Å²) >= 11 is 14.2. The standard InChI is InChI=1S/C38H39Cl2N5O7/c1-38(2,3)52-37(49)45(21-24-13-16-31(46)41-24)20-22-11-14-29(42-34(22)50-4)27-9-5-7-25(32(27)39)26-8-6-10-28(33(26)40)30-15-12-23-19-44(36(47)48)17-18-51-35(23)43-30/h5-12,14-15,24H,13,16-21H2,1-4H3,(H,41,46)(H,47,48)/t24-/m0/s1. The van der Waals surface area contributed by atoms with Crippen LogP contribution in [0.2, 0.25) is 10.0 Å². The molecule has 2 N–H and O–H groups in total. The molecule has 4 heterocycles. The number of carbonyl (C=O) groups excluding carboxylic acids is 2. The van der Waals surface area contributed by atoms with Gasteiger partial charge in [-0.05, 0) is 51.5 Å². The monoisotopic (exact) mass is 747 g/mol. The molecule has 0 saturated carbocycles. The number of aromatic nitrogens is 2. The van der Waals surface area contributed by atoms with E-state index >= 15 is 0 Å². The molecule has 2 aromatic carbocycles. The van der Waals surface area contributed by atoms with E-state index in [9.17, 15) is 19.5 Å². The lowest BCUT2D eigenvalue weighted by Gasteiger charge is -2.29. The fourth-order valence-corrected chi connectivity index (χ4v) is 6.82. The van der Waals surface area contributed by atoms with E-state index in [-0.39, 0.29) is 44.7 Å². The van der Waals surface area contributed by atoms with E-state index < -0.39 is 17.8 Å². The predicted molar refractivity (Wildman–Crippen MR) is 197 cm³/mol. The van der Waals surface area contributed by atoms with E-state index in [1.54, 1.807) is 37.8 Å². The average Bonchev–Trinajstić information content (AvgIpc) is 3.38. The molecule has 0 unspecified atom stereocenters. The Morgan fingerprint density at radius 3 is 2.21 bits per heavy atom. The number of halogens is 2. The van der Waals surface area contributed by atoms with Crippen LogP contribution in [0.3, 0.4) is 0 Å². The number of nitrogens with zero attached hydrogens (tertiary/aromatic N) is 4. The van der Waals surface area contributed by atoms with Gasteiger partial charge >= 0.3 is 12.2 Å². The van der Waals surface area contributed by atoms with Crippen molar-refractivity contribution < 1.29 is 33.7 Å². The maximum Gasteiger partial charge on any atom is 0.410 e. The minimum atomic E-state index is -1.02. The van der Waals surface area contributed by atoms with Crippen molar-refractivity contribution in [1.29, 1.82) is 0 Å². The van der Waals surface area contributed by atoms with Crippen LogP contribution in [0.5, 0.6) is 11.8 Å². The zero-order chi connectivity index (χ0) is 37.2. The first-order chi connectivity index (χ1) is 24.8. The largest absolute Gasteiger partial charge is 0.481 e. The smallest absolute Gasteiger partial charge is 0.410 e. The van der Waals surface area contributed by atoms with E-state index in [2.05, 4.69) is 5.32 Å². The molecule has 4 aromatic rings. The van der Waals surface area contributed by atoms with Crippen molar-refractivity contribution >= 4 is 41.3 Å². The third kappa shape index (κ3) is 8.18. The molecule has 272 valence electrons. The van der Waals surface area contributed by atoms with Crippen molar-refractivity contribution in [2.75, 3.05) is 26.8 Å². The van der Waals surface area contributed by atoms with Crippen LogP contribution < -0.4 is 14.8 Å². The number of carboxylic acid groups (broad SMARTS) is 1. The van der Waals surface area contributed by atoms with Gasteiger partial charge in [-0.1, -0.05) is 59.6 Å². The molecular weight excluding hydrogens is 709 g/mol. The summed E-state index contributed by atoms with van der Waals surface area (Å²) in [5.41, 5.74) is 4.38. The highest BCUT2D eigenvalue weighted by Gasteiger charge is 2.30. The highest BCUT2D eigenvalue weighted by molar-refractivity contribution is 6.39. The summed E-state index contributed by atoms with van der Waals surface area (Å²) < 4.78 is 17.2. The van der Waals surface area contributed by atoms with Gasteiger partial charge in [0.05, 0.1) is 48.2 Å². The van der Waals surface area contributed by atoms with Crippen LogP contribution in [-0.4, -0.2) is 81.4 Å². The summed E-state index contributed by atoms with van der Waals surface area (Å²) in [6.07, 6.45) is -0.485. The number of ether oxygens (including phenoxy) is 3. The van der Waals surface area contributed by atoms with E-state index in [4.69, 9.17) is 47.4 Å². The fraction of sp³-hybridized carbons (Fsp3) is 0.342. The average molecular weight is 749 g/mol. The Hall–Kier alpha value is -5.07. The van der Waals surface area contributed by atoms with Crippen LogP contribution in [0, 0.1) is 0 Å². The first kappa shape index (κ1) is 36.7. The fourth-order valence-electron chi connectivity index (χ4n) is 6.17. The van der Waals surface area contributed by atoms with Crippen LogP contribution in [0.1, 0.15) is 44.7 Å². The van der Waals surface area contributed by atoms with Crippen LogP contribution in [0.4, 0.5) is 9.59 Å². The van der Waals surface area contributed by atoms with Gasteiger partial charge in [0.15, 0.2) is 0 Å². The molecule has 2 aromatic heterocycles. The molecule has 2 aliphatic heterocycles. The van der Waals surface area contributed by atoms with Crippen molar-refractivity contribution in [3.8, 4) is 45.4 Å². The number of carbonyl (C=O) groups is 3. The van der Waals surface area contributed by atoms with Crippen LogP contribution in [0.25, 0.3) is 33.6 Å². The predicted octanol–water partition coefficient (Wildman–Crippen LogP) is 7.68. The van der Waals surface area contributed by atoms with Gasteiger partial charge in [-0.3, -0.25) is 4.79 Å². The van der Waals surface area contributed by atoms with Gasteiger partial charge in [0.2, 0.25) is 17.7 Å². The van der Waals surface area contributed by atoms with Gasteiger partial charge in [-0.15, -0.1) is 0 Å². The van der Waals surface area contributed by atoms with Gasteiger partial charge in [-0.2, -0.15) is 0 Å². The second-order valence-electron chi connectivity index (χ2n) is 13.6. The van der Waals surface area contributed by atoms with Gasteiger partial charge in [-0.25, -0.2) is 19.6 Å². The molecule has 1 saturated heterocycles. The molecule has 2 aliphatic rings. The number of methoxy groups -OCH3 is 1. The van der Waals surface area contributed by atoms with Crippen LogP contribution >= 0.6 is 23.2 Å². The number of benzene rings is 2. The topological polar surface area (TPSA) is 143 Å². The van der Waals surface area contributed by atoms with Crippen molar-refractivity contribution in [3.05, 3.63) is 81.8 Å². The van der Waals surface area contributed by atoms with E-state index in [1.807, 2.05) is 48.5 Å². The Labute approximate surface area is 311 Å². The quantitative estimate of drug-likeness (QED) is 0.186. The molecule has 3 amide bonds. The molecule has 12 nitrogen and oxygen atoms in total. The van der Waals surface area contributed by atoms with E-state index in [1.165, 1.54) is 12.0 Å². The summed E-state index contributed by atoms with van der Waals surface area (Å²) in [6, 6.07) is 18.2. The Balaban J connectivity index is 1.29. The lowest BCUT2D eigenvalue weighted by molar-refractivity contribution is -0.119. The van der Waals surface area contributed by atoms with Crippen LogP contribution in [-0.2, 0) is 22.6 Å². The number of amides is 3. The van der Waals surface area contributed by atoms with E-state index in [0.29, 0.717) is 79.4 Å². The minimum absolute atomic E-state index is 0.0409. The number of hydrogen-bond acceptors (Lipinski definition) is 8. The number of nitrogens with one attached hydrogen (secondary N) is 1. The van der Waals surface area contributed by atoms with Gasteiger partial charge in [0.25, 0.3) is 0 Å². The third-order valence-corrected chi connectivity index (χ3v) is 9.50. The number of rotatable bonds is 8. The van der Waals surface area contributed by atoms with Crippen molar-refractivity contribution in [3.63, 3.8) is 0 Å². The second kappa shape index (κ2) is 15.3. The molecule has 14 heteroatoms. The van der Waals surface area contributed by atoms with Crippen LogP contribution in [0.15, 0.2) is 60.7 Å². The zero-order valence-corrected chi connectivity index (χ0v) is 30.8. The van der Waals surface area contributed by atoms with Crippen molar-refractivity contribution in [1.82, 2.24) is 25.1 Å². The number of fused-ring (bicyclic) bond motifs is 1. The zero-order valence-electron chi connectivity index (χ0n) is 29.2. The second-order valence-corrected chi connectivity index (χ2v) is 14.3. The summed E-state index contributed by atoms with van der Waals surface area (Å²) in [4.78, 5) is 49.0. The Morgan fingerprint density at radius 2 is 1.62 bits per heavy atom. The number of pyridine rings is 2. The Morgan fingerprint density at radius 1 is 0.981 bits per heavy atom.